The molecule has 1 fully saturated rings. The van der Waals surface area contributed by atoms with Crippen LogP contribution in [0.4, 0.5) is 0 Å². The highest BCUT2D eigenvalue weighted by molar-refractivity contribution is 5.75. The number of nitrogens with one attached hydrogen (secondary N) is 1. The van der Waals surface area contributed by atoms with E-state index in [2.05, 4.69) is 5.32 Å². The monoisotopic (exact) mass is 228 g/mol. The molecule has 4 nitrogen and oxygen atoms in total. The van der Waals surface area contributed by atoms with Gasteiger partial charge in [-0.15, -0.1) is 0 Å². The zero-order valence-electron chi connectivity index (χ0n) is 10.3. The molecule has 1 saturated carbocycles. The minimum Gasteiger partial charge on any atom is -0.376 e. The van der Waals surface area contributed by atoms with Crippen LogP contribution in [-0.2, 0) is 9.53 Å². The fraction of sp³-hybridized carbons (Fsp3) is 0.917. The maximum atomic E-state index is 11.5. The average Bonchev–Trinajstić information content (AvgIpc) is 2.24. The van der Waals surface area contributed by atoms with E-state index in [-0.39, 0.29) is 11.5 Å². The molecule has 0 atom stereocenters. The molecule has 0 aliphatic heterocycles. The first-order valence-electron chi connectivity index (χ1n) is 6.24. The molecular formula is C12H24N2O2. The van der Waals surface area contributed by atoms with E-state index in [9.17, 15) is 4.79 Å². The van der Waals surface area contributed by atoms with Crippen molar-refractivity contribution in [3.05, 3.63) is 0 Å². The molecule has 0 aromatic heterocycles. The Kier molecular flexibility index (Phi) is 5.77. The van der Waals surface area contributed by atoms with Crippen molar-refractivity contribution in [2.45, 2.75) is 50.5 Å². The lowest BCUT2D eigenvalue weighted by Crippen LogP contribution is -2.49. The molecule has 0 bridgehead atoms. The highest BCUT2D eigenvalue weighted by atomic mass is 16.5. The van der Waals surface area contributed by atoms with Crippen molar-refractivity contribution < 1.29 is 9.53 Å². The highest BCUT2D eigenvalue weighted by Gasteiger charge is 2.36. The summed E-state index contributed by atoms with van der Waals surface area (Å²) in [7, 11) is 1.73. The fourth-order valence-corrected chi connectivity index (χ4v) is 1.98. The van der Waals surface area contributed by atoms with Gasteiger partial charge < -0.3 is 15.8 Å². The zero-order valence-corrected chi connectivity index (χ0v) is 10.3. The van der Waals surface area contributed by atoms with E-state index in [0.717, 1.165) is 32.1 Å². The first-order chi connectivity index (χ1) is 7.72. The third-order valence-electron chi connectivity index (χ3n) is 3.41. The molecule has 94 valence electrons. The smallest absolute Gasteiger partial charge is 0.220 e. The van der Waals surface area contributed by atoms with Crippen LogP contribution >= 0.6 is 0 Å². The van der Waals surface area contributed by atoms with Crippen molar-refractivity contribution in [2.75, 3.05) is 20.2 Å². The summed E-state index contributed by atoms with van der Waals surface area (Å²) in [6.07, 6.45) is 6.94. The van der Waals surface area contributed by atoms with Crippen molar-refractivity contribution in [1.29, 1.82) is 0 Å². The summed E-state index contributed by atoms with van der Waals surface area (Å²) < 4.78 is 5.44. The van der Waals surface area contributed by atoms with Crippen molar-refractivity contribution in [1.82, 2.24) is 5.32 Å². The minimum atomic E-state index is -0.0626. The second-order valence-corrected chi connectivity index (χ2v) is 4.62. The first kappa shape index (κ1) is 13.5. The highest BCUT2D eigenvalue weighted by Crippen LogP contribution is 2.34. The number of methoxy groups -OCH3 is 1. The number of hydrogen-bond acceptors (Lipinski definition) is 3. The second-order valence-electron chi connectivity index (χ2n) is 4.62. The lowest BCUT2D eigenvalue weighted by molar-refractivity contribution is -0.125. The van der Waals surface area contributed by atoms with Crippen LogP contribution in [0.15, 0.2) is 0 Å². The third kappa shape index (κ3) is 4.10. The Morgan fingerprint density at radius 2 is 2.12 bits per heavy atom. The van der Waals surface area contributed by atoms with Gasteiger partial charge >= 0.3 is 0 Å². The van der Waals surface area contributed by atoms with Gasteiger partial charge in [0.2, 0.25) is 5.91 Å². The summed E-state index contributed by atoms with van der Waals surface area (Å²) in [6, 6.07) is 0. The van der Waals surface area contributed by atoms with Crippen LogP contribution in [0.5, 0.6) is 0 Å². The fourth-order valence-electron chi connectivity index (χ4n) is 1.98. The molecule has 0 spiro atoms. The van der Waals surface area contributed by atoms with E-state index >= 15 is 0 Å². The van der Waals surface area contributed by atoms with Gasteiger partial charge in [-0.1, -0.05) is 6.42 Å². The summed E-state index contributed by atoms with van der Waals surface area (Å²) in [5.41, 5.74) is 5.33. The van der Waals surface area contributed by atoms with Gasteiger partial charge in [0.1, 0.15) is 0 Å². The Hall–Kier alpha value is -0.610. The van der Waals surface area contributed by atoms with Crippen LogP contribution in [-0.4, -0.2) is 31.7 Å². The number of ether oxygens (including phenoxy) is 1. The molecule has 3 N–H and O–H groups in total. The summed E-state index contributed by atoms with van der Waals surface area (Å²) in [6.45, 7) is 1.38. The summed E-state index contributed by atoms with van der Waals surface area (Å²) in [5.74, 6) is 0.139. The number of hydrogen-bond donors (Lipinski definition) is 2. The van der Waals surface area contributed by atoms with Crippen molar-refractivity contribution in [3.63, 3.8) is 0 Å². The molecule has 0 heterocycles. The second kappa shape index (κ2) is 6.86. The predicted octanol–water partition coefficient (Wildman–Crippen LogP) is 1.19. The lowest BCUT2D eigenvalue weighted by atomic mass is 9.80. The van der Waals surface area contributed by atoms with Crippen LogP contribution < -0.4 is 11.1 Å². The number of carbonyl (C=O) groups is 1. The Labute approximate surface area is 97.9 Å². The Morgan fingerprint density at radius 3 is 2.62 bits per heavy atom. The van der Waals surface area contributed by atoms with Crippen molar-refractivity contribution in [3.8, 4) is 0 Å². The van der Waals surface area contributed by atoms with E-state index < -0.39 is 0 Å². The minimum absolute atomic E-state index is 0.0626. The van der Waals surface area contributed by atoms with E-state index in [1.807, 2.05) is 0 Å². The number of carbonyl (C=O) groups excluding carboxylic acids is 1. The summed E-state index contributed by atoms with van der Waals surface area (Å²) >= 11 is 0. The topological polar surface area (TPSA) is 64.3 Å². The van der Waals surface area contributed by atoms with Crippen LogP contribution in [0.2, 0.25) is 0 Å². The zero-order chi connectivity index (χ0) is 11.9. The Bertz CT molecular complexity index is 210. The number of unbranched alkanes of at least 4 members (excludes halogenated alkanes) is 2. The van der Waals surface area contributed by atoms with Gasteiger partial charge in [0.05, 0.1) is 5.60 Å². The molecule has 1 aliphatic rings. The molecule has 0 aromatic carbocycles. The van der Waals surface area contributed by atoms with Gasteiger partial charge in [-0.25, -0.2) is 0 Å². The molecule has 16 heavy (non-hydrogen) atoms. The molecule has 1 aliphatic carbocycles. The predicted molar refractivity (Wildman–Crippen MR) is 64.1 cm³/mol. The third-order valence-corrected chi connectivity index (χ3v) is 3.41. The average molecular weight is 228 g/mol. The lowest BCUT2D eigenvalue weighted by Gasteiger charge is -2.40. The van der Waals surface area contributed by atoms with E-state index in [1.54, 1.807) is 7.11 Å². The number of amides is 1. The van der Waals surface area contributed by atoms with E-state index in [0.29, 0.717) is 19.5 Å². The molecule has 4 heteroatoms. The molecule has 0 unspecified atom stereocenters. The van der Waals surface area contributed by atoms with Gasteiger partial charge in [-0.3, -0.25) is 4.79 Å². The van der Waals surface area contributed by atoms with E-state index in [1.165, 1.54) is 6.42 Å². The maximum absolute atomic E-state index is 11.5. The largest absolute Gasteiger partial charge is 0.376 e. The van der Waals surface area contributed by atoms with Gasteiger partial charge in [0.25, 0.3) is 0 Å². The van der Waals surface area contributed by atoms with Crippen molar-refractivity contribution in [2.24, 2.45) is 5.73 Å². The van der Waals surface area contributed by atoms with E-state index in [4.69, 9.17) is 10.5 Å². The molecule has 0 radical (unpaired) electrons. The first-order valence-corrected chi connectivity index (χ1v) is 6.24. The summed E-state index contributed by atoms with van der Waals surface area (Å²) in [4.78, 5) is 11.5. The normalized spacial score (nSPS) is 17.9. The standard InChI is InChI=1S/C12H24N2O2/c1-16-12(7-5-8-12)10-14-11(15)6-3-2-4-9-13/h2-10,13H2,1H3,(H,14,15). The number of rotatable bonds is 8. The quantitative estimate of drug-likeness (QED) is 0.613. The van der Waals surface area contributed by atoms with Crippen LogP contribution in [0.3, 0.4) is 0 Å². The Morgan fingerprint density at radius 1 is 1.38 bits per heavy atom. The molecule has 1 rings (SSSR count). The summed E-state index contributed by atoms with van der Waals surface area (Å²) in [5, 5.41) is 2.96. The van der Waals surface area contributed by atoms with Crippen LogP contribution in [0.25, 0.3) is 0 Å². The van der Waals surface area contributed by atoms with Gasteiger partial charge in [-0.2, -0.15) is 0 Å². The van der Waals surface area contributed by atoms with Crippen LogP contribution in [0, 0.1) is 0 Å². The maximum Gasteiger partial charge on any atom is 0.220 e. The number of nitrogens with two attached hydrogens (primary N) is 1. The van der Waals surface area contributed by atoms with Gasteiger partial charge in [0.15, 0.2) is 0 Å². The van der Waals surface area contributed by atoms with Crippen molar-refractivity contribution >= 4 is 5.91 Å². The van der Waals surface area contributed by atoms with Gasteiger partial charge in [-0.05, 0) is 38.6 Å². The Balaban J connectivity index is 2.05. The molecular weight excluding hydrogens is 204 g/mol. The van der Waals surface area contributed by atoms with Crippen LogP contribution in [0.1, 0.15) is 44.9 Å². The molecule has 0 saturated heterocycles. The molecule has 1 amide bonds. The SMILES string of the molecule is COC1(CNC(=O)CCCCCN)CCC1. The molecule has 0 aromatic rings. The van der Waals surface area contributed by atoms with Gasteiger partial charge in [0, 0.05) is 20.1 Å².